The SMILES string of the molecule is Clc1ccc(C2=Nc3nnnn3C(c3cccc4ccccc34)C2)cc1. The first kappa shape index (κ1) is 15.2. The average molecular weight is 360 g/mol. The Bertz CT molecular complexity index is 1130. The third kappa shape index (κ3) is 2.48. The molecule has 3 aromatic carbocycles. The van der Waals surface area contributed by atoms with Crippen LogP contribution in [0.25, 0.3) is 10.8 Å². The maximum Gasteiger partial charge on any atom is 0.269 e. The van der Waals surface area contributed by atoms with Crippen LogP contribution in [-0.4, -0.2) is 25.9 Å². The molecule has 0 saturated heterocycles. The van der Waals surface area contributed by atoms with Gasteiger partial charge in [0.15, 0.2) is 0 Å². The van der Waals surface area contributed by atoms with Crippen molar-refractivity contribution >= 4 is 34.0 Å². The third-order valence-electron chi connectivity index (χ3n) is 4.75. The first-order valence-electron chi connectivity index (χ1n) is 8.38. The fraction of sp³-hybridized carbons (Fsp3) is 0.100. The Kier molecular flexibility index (Phi) is 3.53. The lowest BCUT2D eigenvalue weighted by Gasteiger charge is -2.24. The number of aliphatic imine (C=N–C) groups is 1. The fourth-order valence-electron chi connectivity index (χ4n) is 3.51. The molecule has 2 heterocycles. The van der Waals surface area contributed by atoms with Crippen LogP contribution in [0.5, 0.6) is 0 Å². The van der Waals surface area contributed by atoms with Gasteiger partial charge >= 0.3 is 0 Å². The summed E-state index contributed by atoms with van der Waals surface area (Å²) in [6.45, 7) is 0. The van der Waals surface area contributed by atoms with Crippen LogP contribution in [0.15, 0.2) is 71.7 Å². The predicted octanol–water partition coefficient (Wildman–Crippen LogP) is 4.59. The highest BCUT2D eigenvalue weighted by atomic mass is 35.5. The van der Waals surface area contributed by atoms with E-state index < -0.39 is 0 Å². The van der Waals surface area contributed by atoms with E-state index in [0.717, 1.165) is 11.3 Å². The van der Waals surface area contributed by atoms with Gasteiger partial charge in [-0.15, -0.1) is 0 Å². The molecule has 0 spiro atoms. The van der Waals surface area contributed by atoms with Crippen molar-refractivity contribution in [2.75, 3.05) is 0 Å². The Labute approximate surface area is 154 Å². The predicted molar refractivity (Wildman–Crippen MR) is 102 cm³/mol. The number of rotatable bonds is 2. The first-order valence-corrected chi connectivity index (χ1v) is 8.76. The van der Waals surface area contributed by atoms with Crippen molar-refractivity contribution in [3.63, 3.8) is 0 Å². The molecule has 1 aliphatic heterocycles. The first-order chi connectivity index (χ1) is 12.8. The van der Waals surface area contributed by atoms with Gasteiger partial charge in [0.1, 0.15) is 0 Å². The minimum Gasteiger partial charge on any atom is -0.214 e. The Morgan fingerprint density at radius 3 is 2.62 bits per heavy atom. The zero-order valence-corrected chi connectivity index (χ0v) is 14.5. The molecule has 1 aromatic heterocycles. The summed E-state index contributed by atoms with van der Waals surface area (Å²) < 4.78 is 1.81. The Balaban J connectivity index is 1.66. The monoisotopic (exact) mass is 359 g/mol. The molecule has 5 rings (SSSR count). The van der Waals surface area contributed by atoms with Crippen LogP contribution in [0.3, 0.4) is 0 Å². The molecule has 1 unspecified atom stereocenters. The molecule has 6 heteroatoms. The van der Waals surface area contributed by atoms with E-state index in [1.165, 1.54) is 16.3 Å². The molecule has 0 N–H and O–H groups in total. The van der Waals surface area contributed by atoms with Crippen LogP contribution >= 0.6 is 11.6 Å². The lowest BCUT2D eigenvalue weighted by Crippen LogP contribution is -2.21. The summed E-state index contributed by atoms with van der Waals surface area (Å²) in [5.41, 5.74) is 3.19. The quantitative estimate of drug-likeness (QED) is 0.525. The van der Waals surface area contributed by atoms with E-state index in [1.807, 2.05) is 24.3 Å². The molecule has 26 heavy (non-hydrogen) atoms. The second-order valence-corrected chi connectivity index (χ2v) is 6.71. The zero-order valence-electron chi connectivity index (χ0n) is 13.7. The molecule has 0 saturated carbocycles. The van der Waals surface area contributed by atoms with Crippen molar-refractivity contribution in [1.82, 2.24) is 20.2 Å². The summed E-state index contributed by atoms with van der Waals surface area (Å²) in [6.07, 6.45) is 0.716. The van der Waals surface area contributed by atoms with Crippen LogP contribution in [0.4, 0.5) is 5.95 Å². The van der Waals surface area contributed by atoms with Crippen LogP contribution in [0.2, 0.25) is 5.02 Å². The van der Waals surface area contributed by atoms with Crippen molar-refractivity contribution < 1.29 is 0 Å². The smallest absolute Gasteiger partial charge is 0.214 e. The summed E-state index contributed by atoms with van der Waals surface area (Å²) in [5, 5.41) is 15.2. The summed E-state index contributed by atoms with van der Waals surface area (Å²) in [7, 11) is 0. The van der Waals surface area contributed by atoms with Crippen molar-refractivity contribution in [3.05, 3.63) is 82.9 Å². The van der Waals surface area contributed by atoms with Crippen molar-refractivity contribution in [3.8, 4) is 0 Å². The number of fused-ring (bicyclic) bond motifs is 2. The number of hydrogen-bond acceptors (Lipinski definition) is 4. The van der Waals surface area contributed by atoms with E-state index in [1.54, 1.807) is 4.68 Å². The standard InChI is InChI=1S/C20H14ClN5/c21-15-10-8-14(9-11-15)18-12-19(26-20(22-18)23-24-25-26)17-7-3-5-13-4-1-2-6-16(13)17/h1-11,19H,12H2. The number of nitrogens with zero attached hydrogens (tertiary/aromatic N) is 5. The summed E-state index contributed by atoms with van der Waals surface area (Å²) in [5.74, 6) is 0.527. The molecule has 5 nitrogen and oxygen atoms in total. The minimum absolute atomic E-state index is 0.00530. The van der Waals surface area contributed by atoms with Gasteiger partial charge in [-0.25, -0.2) is 9.67 Å². The lowest BCUT2D eigenvalue weighted by molar-refractivity contribution is 0.517. The molecule has 0 bridgehead atoms. The number of hydrogen-bond donors (Lipinski definition) is 0. The van der Waals surface area contributed by atoms with Crippen LogP contribution in [-0.2, 0) is 0 Å². The van der Waals surface area contributed by atoms with Crippen molar-refractivity contribution in [2.24, 2.45) is 4.99 Å². The van der Waals surface area contributed by atoms with E-state index in [-0.39, 0.29) is 6.04 Å². The summed E-state index contributed by atoms with van der Waals surface area (Å²) in [4.78, 5) is 4.66. The van der Waals surface area contributed by atoms with E-state index in [9.17, 15) is 0 Å². The molecule has 0 amide bonds. The van der Waals surface area contributed by atoms with E-state index in [0.29, 0.717) is 17.4 Å². The van der Waals surface area contributed by atoms with Gasteiger partial charge in [-0.1, -0.05) is 71.3 Å². The molecule has 126 valence electrons. The van der Waals surface area contributed by atoms with Gasteiger partial charge in [0, 0.05) is 11.4 Å². The van der Waals surface area contributed by atoms with Gasteiger partial charge < -0.3 is 0 Å². The molecular formula is C20H14ClN5. The van der Waals surface area contributed by atoms with Gasteiger partial charge in [0.05, 0.1) is 11.8 Å². The summed E-state index contributed by atoms with van der Waals surface area (Å²) in [6, 6.07) is 22.4. The molecule has 0 radical (unpaired) electrons. The molecule has 1 atom stereocenters. The minimum atomic E-state index is -0.00530. The second-order valence-electron chi connectivity index (χ2n) is 6.28. The van der Waals surface area contributed by atoms with Gasteiger partial charge in [-0.3, -0.25) is 0 Å². The normalized spacial score (nSPS) is 16.3. The number of aromatic nitrogens is 4. The number of halogens is 1. The number of benzene rings is 3. The maximum atomic E-state index is 6.03. The van der Waals surface area contributed by atoms with E-state index >= 15 is 0 Å². The molecule has 4 aromatic rings. The van der Waals surface area contributed by atoms with Crippen LogP contribution < -0.4 is 0 Å². The average Bonchev–Trinajstić information content (AvgIpc) is 3.16. The van der Waals surface area contributed by atoms with Crippen LogP contribution in [0, 0.1) is 0 Å². The maximum absolute atomic E-state index is 6.03. The largest absolute Gasteiger partial charge is 0.269 e. The highest BCUT2D eigenvalue weighted by Crippen LogP contribution is 2.35. The fourth-order valence-corrected chi connectivity index (χ4v) is 3.63. The Morgan fingerprint density at radius 1 is 0.923 bits per heavy atom. The zero-order chi connectivity index (χ0) is 17.5. The number of tetrazole rings is 1. The highest BCUT2D eigenvalue weighted by Gasteiger charge is 2.28. The molecule has 0 aliphatic carbocycles. The molecule has 0 fully saturated rings. The van der Waals surface area contributed by atoms with E-state index in [2.05, 4.69) is 63.0 Å². The van der Waals surface area contributed by atoms with E-state index in [4.69, 9.17) is 11.6 Å². The van der Waals surface area contributed by atoms with Gasteiger partial charge in [0.2, 0.25) is 0 Å². The third-order valence-corrected chi connectivity index (χ3v) is 5.00. The Hall–Kier alpha value is -3.05. The van der Waals surface area contributed by atoms with Gasteiger partial charge in [-0.05, 0) is 44.5 Å². The topological polar surface area (TPSA) is 56.0 Å². The molecule has 1 aliphatic rings. The molecular weight excluding hydrogens is 346 g/mol. The Morgan fingerprint density at radius 2 is 1.73 bits per heavy atom. The highest BCUT2D eigenvalue weighted by molar-refractivity contribution is 6.30. The summed E-state index contributed by atoms with van der Waals surface area (Å²) >= 11 is 6.03. The second kappa shape index (κ2) is 6.04. The van der Waals surface area contributed by atoms with Gasteiger partial charge in [-0.2, -0.15) is 0 Å². The van der Waals surface area contributed by atoms with Crippen molar-refractivity contribution in [2.45, 2.75) is 12.5 Å². The lowest BCUT2D eigenvalue weighted by atomic mass is 9.92. The van der Waals surface area contributed by atoms with Gasteiger partial charge in [0.25, 0.3) is 5.95 Å². The van der Waals surface area contributed by atoms with Crippen molar-refractivity contribution in [1.29, 1.82) is 0 Å². The van der Waals surface area contributed by atoms with Crippen LogP contribution in [0.1, 0.15) is 23.6 Å².